The van der Waals surface area contributed by atoms with Crippen LogP contribution in [0.3, 0.4) is 0 Å². The van der Waals surface area contributed by atoms with Gasteiger partial charge in [-0.1, -0.05) is 170 Å². The number of fused-ring (bicyclic) bond motifs is 5. The van der Waals surface area contributed by atoms with Crippen LogP contribution in [0.25, 0.3) is 77.6 Å². The second-order valence-electron chi connectivity index (χ2n) is 17.1. The predicted molar refractivity (Wildman–Crippen MR) is 246 cm³/mol. The van der Waals surface area contributed by atoms with E-state index in [0.717, 1.165) is 61.3 Å². The number of nitrogens with zero attached hydrogens (tertiary/aromatic N) is 3. The fourth-order valence-electron chi connectivity index (χ4n) is 10.7. The van der Waals surface area contributed by atoms with Crippen molar-refractivity contribution in [1.29, 1.82) is 0 Å². The topological polar surface area (TPSA) is 55.7 Å². The van der Waals surface area contributed by atoms with Gasteiger partial charge in [0, 0.05) is 27.4 Å². The van der Waals surface area contributed by atoms with E-state index in [0.29, 0.717) is 23.4 Å². The van der Waals surface area contributed by atoms with Crippen LogP contribution < -0.4 is 5.30 Å². The zero-order valence-electron chi connectivity index (χ0n) is 33.3. The molecule has 0 aliphatic heterocycles. The molecule has 2 aliphatic carbocycles. The molecule has 3 atom stereocenters. The standard InChI is InChI=1S/C54H44N3OP/c1-59(2,58)50-47-18-10-8-16-45(47)49(46-17-9-11-19-48(46)50)37-23-28-42(29-24-37)54(34-35-20-27-44(54)32-35)43-30-25-39(26-31-43)52-55-51(38-13-4-3-5-14-38)56-53(57-52)41-22-21-36-12-6-7-15-40(36)33-41/h3-19,21-26,28-31,33,35,44H,20,27,32,34H2,1-2H3. The smallest absolute Gasteiger partial charge is 0.164 e. The Balaban J connectivity index is 1.00. The van der Waals surface area contributed by atoms with Crippen LogP contribution in [0, 0.1) is 11.8 Å². The molecule has 0 N–H and O–H groups in total. The number of hydrogen-bond donors (Lipinski definition) is 0. The maximum Gasteiger partial charge on any atom is 0.164 e. The quantitative estimate of drug-likeness (QED) is 0.119. The first-order chi connectivity index (χ1) is 28.8. The second-order valence-corrected chi connectivity index (χ2v) is 20.3. The van der Waals surface area contributed by atoms with Crippen molar-refractivity contribution in [3.8, 4) is 45.3 Å². The van der Waals surface area contributed by atoms with Gasteiger partial charge in [0.2, 0.25) is 0 Å². The third kappa shape index (κ3) is 6.04. The fraction of sp³-hybridized carbons (Fsp3) is 0.167. The lowest BCUT2D eigenvalue weighted by Crippen LogP contribution is -2.34. The molecule has 11 rings (SSSR count). The number of rotatable bonds is 7. The average molecular weight is 782 g/mol. The molecule has 286 valence electrons. The summed E-state index contributed by atoms with van der Waals surface area (Å²) in [5, 5.41) is 7.80. The molecule has 3 unspecified atom stereocenters. The SMILES string of the molecule is CP(C)(=O)c1c2ccccc2c(-c2ccc(C3(c4ccc(-c5nc(-c6ccccc6)nc(-c6ccc7ccccc7c6)n5)cc4)CC4CCC3C4)cc2)c2ccccc12. The summed E-state index contributed by atoms with van der Waals surface area (Å²) in [6.07, 6.45) is 5.00. The molecule has 2 fully saturated rings. The van der Waals surface area contributed by atoms with Gasteiger partial charge in [0.15, 0.2) is 17.5 Å². The second kappa shape index (κ2) is 14.0. The third-order valence-electron chi connectivity index (χ3n) is 13.3. The molecule has 2 aliphatic rings. The minimum absolute atomic E-state index is 0.0599. The Morgan fingerprint density at radius 1 is 0.492 bits per heavy atom. The highest BCUT2D eigenvalue weighted by Crippen LogP contribution is 2.60. The molecule has 5 heteroatoms. The highest BCUT2D eigenvalue weighted by atomic mass is 31.2. The van der Waals surface area contributed by atoms with Crippen LogP contribution in [0.1, 0.15) is 36.8 Å². The predicted octanol–water partition coefficient (Wildman–Crippen LogP) is 13.4. The lowest BCUT2D eigenvalue weighted by atomic mass is 9.64. The van der Waals surface area contributed by atoms with Gasteiger partial charge >= 0.3 is 0 Å². The summed E-state index contributed by atoms with van der Waals surface area (Å²) >= 11 is 0. The van der Waals surface area contributed by atoms with E-state index >= 15 is 0 Å². The van der Waals surface area contributed by atoms with Gasteiger partial charge in [0.1, 0.15) is 7.14 Å². The van der Waals surface area contributed by atoms with Crippen LogP contribution in [-0.4, -0.2) is 28.3 Å². The van der Waals surface area contributed by atoms with Crippen LogP contribution in [0.5, 0.6) is 0 Å². The van der Waals surface area contributed by atoms with Crippen molar-refractivity contribution in [3.63, 3.8) is 0 Å². The van der Waals surface area contributed by atoms with Crippen LogP contribution in [0.2, 0.25) is 0 Å². The Morgan fingerprint density at radius 3 is 1.54 bits per heavy atom. The monoisotopic (exact) mass is 781 g/mol. The number of hydrogen-bond acceptors (Lipinski definition) is 4. The zero-order valence-corrected chi connectivity index (χ0v) is 34.2. The highest BCUT2D eigenvalue weighted by Gasteiger charge is 2.52. The maximum atomic E-state index is 13.8. The van der Waals surface area contributed by atoms with E-state index < -0.39 is 7.14 Å². The lowest BCUT2D eigenvalue weighted by Gasteiger charge is -2.39. The van der Waals surface area contributed by atoms with Gasteiger partial charge in [-0.25, -0.2) is 15.0 Å². The van der Waals surface area contributed by atoms with E-state index in [9.17, 15) is 4.57 Å². The summed E-state index contributed by atoms with van der Waals surface area (Å²) in [6, 6.07) is 60.7. The number of aromatic nitrogens is 3. The average Bonchev–Trinajstić information content (AvgIpc) is 3.91. The molecule has 2 bridgehead atoms. The van der Waals surface area contributed by atoms with Gasteiger partial charge in [0.05, 0.1) is 0 Å². The van der Waals surface area contributed by atoms with Crippen LogP contribution >= 0.6 is 7.14 Å². The van der Waals surface area contributed by atoms with Gasteiger partial charge in [0.25, 0.3) is 0 Å². The summed E-state index contributed by atoms with van der Waals surface area (Å²) < 4.78 is 13.8. The molecular formula is C54H44N3OP. The first-order valence-corrected chi connectivity index (χ1v) is 23.5. The first kappa shape index (κ1) is 35.9. The van der Waals surface area contributed by atoms with Crippen molar-refractivity contribution >= 4 is 44.8 Å². The number of benzene rings is 8. The van der Waals surface area contributed by atoms with Crippen LogP contribution in [0.4, 0.5) is 0 Å². The van der Waals surface area contributed by atoms with Crippen molar-refractivity contribution in [3.05, 3.63) is 181 Å². The fourth-order valence-corrected chi connectivity index (χ4v) is 12.3. The van der Waals surface area contributed by atoms with Crippen molar-refractivity contribution in [2.45, 2.75) is 31.1 Å². The molecule has 0 radical (unpaired) electrons. The summed E-state index contributed by atoms with van der Waals surface area (Å²) in [7, 11) is -2.57. The van der Waals surface area contributed by atoms with Gasteiger partial charge in [-0.05, 0) is 105 Å². The molecule has 1 aromatic heterocycles. The maximum absolute atomic E-state index is 13.8. The lowest BCUT2D eigenvalue weighted by molar-refractivity contribution is 0.320. The Bertz CT molecular complexity index is 3060. The Labute approximate surface area is 345 Å². The summed E-state index contributed by atoms with van der Waals surface area (Å²) in [5.41, 5.74) is 8.02. The Kier molecular flexibility index (Phi) is 8.50. The van der Waals surface area contributed by atoms with Crippen molar-refractivity contribution in [2.75, 3.05) is 13.3 Å². The molecule has 4 nitrogen and oxygen atoms in total. The Hall–Kier alpha value is -6.22. The molecule has 0 spiro atoms. The van der Waals surface area contributed by atoms with Crippen LogP contribution in [-0.2, 0) is 9.98 Å². The molecule has 59 heavy (non-hydrogen) atoms. The van der Waals surface area contributed by atoms with Gasteiger partial charge in [-0.15, -0.1) is 0 Å². The summed E-state index contributed by atoms with van der Waals surface area (Å²) in [6.45, 7) is 3.79. The Morgan fingerprint density at radius 2 is 0.983 bits per heavy atom. The third-order valence-corrected chi connectivity index (χ3v) is 14.9. The van der Waals surface area contributed by atoms with E-state index in [1.807, 2.05) is 31.5 Å². The van der Waals surface area contributed by atoms with Gasteiger partial charge < -0.3 is 4.57 Å². The van der Waals surface area contributed by atoms with Gasteiger partial charge in [-0.2, -0.15) is 0 Å². The molecule has 0 saturated heterocycles. The first-order valence-electron chi connectivity index (χ1n) is 20.8. The summed E-state index contributed by atoms with van der Waals surface area (Å²) in [4.78, 5) is 15.2. The zero-order chi connectivity index (χ0) is 39.7. The van der Waals surface area contributed by atoms with E-state index in [4.69, 9.17) is 15.0 Å². The molecule has 9 aromatic rings. The molecule has 0 amide bonds. The van der Waals surface area contributed by atoms with Crippen molar-refractivity contribution < 1.29 is 4.57 Å². The van der Waals surface area contributed by atoms with Crippen LogP contribution in [0.15, 0.2) is 170 Å². The molecular weight excluding hydrogens is 738 g/mol. The van der Waals surface area contributed by atoms with Gasteiger partial charge in [-0.3, -0.25) is 0 Å². The highest BCUT2D eigenvalue weighted by molar-refractivity contribution is 7.71. The molecule has 1 heterocycles. The van der Waals surface area contributed by atoms with Crippen molar-refractivity contribution in [1.82, 2.24) is 15.0 Å². The van der Waals surface area contributed by atoms with E-state index in [-0.39, 0.29) is 5.41 Å². The van der Waals surface area contributed by atoms with E-state index in [2.05, 4.69) is 152 Å². The van der Waals surface area contributed by atoms with E-state index in [1.165, 1.54) is 46.9 Å². The van der Waals surface area contributed by atoms with Crippen molar-refractivity contribution in [2.24, 2.45) is 11.8 Å². The van der Waals surface area contributed by atoms with E-state index in [1.54, 1.807) is 0 Å². The molecule has 8 aromatic carbocycles. The summed E-state index contributed by atoms with van der Waals surface area (Å²) in [5.74, 6) is 3.34. The largest absolute Gasteiger partial charge is 0.319 e. The minimum atomic E-state index is -2.57. The molecule has 2 saturated carbocycles. The normalized spacial score (nSPS) is 18.9. The minimum Gasteiger partial charge on any atom is -0.319 e.